The van der Waals surface area contributed by atoms with E-state index < -0.39 is 5.91 Å². The molecule has 0 atom stereocenters. The molecule has 1 amide bonds. The number of para-hydroxylation sites is 3. The lowest BCUT2D eigenvalue weighted by Gasteiger charge is -2.09. The predicted molar refractivity (Wildman–Crippen MR) is 117 cm³/mol. The van der Waals surface area contributed by atoms with Crippen molar-refractivity contribution in [1.29, 1.82) is 0 Å². The summed E-state index contributed by atoms with van der Waals surface area (Å²) in [7, 11) is 1.55. The van der Waals surface area contributed by atoms with Gasteiger partial charge in [0, 0.05) is 10.6 Å². The highest BCUT2D eigenvalue weighted by Crippen LogP contribution is 2.27. The zero-order valence-corrected chi connectivity index (χ0v) is 17.2. The molecule has 1 heterocycles. The first-order valence-corrected chi connectivity index (χ1v) is 9.68. The third-order valence-corrected chi connectivity index (χ3v) is 4.83. The van der Waals surface area contributed by atoms with Crippen molar-refractivity contribution in [2.24, 2.45) is 0 Å². The van der Waals surface area contributed by atoms with E-state index in [-0.39, 0.29) is 5.82 Å². The number of aromatic nitrogens is 3. The van der Waals surface area contributed by atoms with E-state index in [1.165, 1.54) is 0 Å². The molecule has 4 rings (SSSR count). The fourth-order valence-electron chi connectivity index (χ4n) is 3.12. The Morgan fingerprint density at radius 3 is 2.57 bits per heavy atom. The third kappa shape index (κ3) is 3.90. The van der Waals surface area contributed by atoms with Crippen LogP contribution in [0, 0.1) is 6.92 Å². The Hall–Kier alpha value is -3.64. The number of carbonyl (C=O) groups is 1. The van der Waals surface area contributed by atoms with Gasteiger partial charge in [-0.3, -0.25) is 4.79 Å². The number of aryl methyl sites for hydroxylation is 1. The first-order chi connectivity index (χ1) is 14.6. The molecule has 0 aliphatic rings. The molecule has 30 heavy (non-hydrogen) atoms. The average Bonchev–Trinajstić information content (AvgIpc) is 3.20. The molecule has 7 heteroatoms. The first-order valence-electron chi connectivity index (χ1n) is 9.30. The summed E-state index contributed by atoms with van der Waals surface area (Å²) in [5.74, 6) is 0.686. The van der Waals surface area contributed by atoms with Gasteiger partial charge in [-0.15, -0.1) is 5.10 Å². The van der Waals surface area contributed by atoms with Crippen LogP contribution in [-0.4, -0.2) is 27.8 Å². The molecule has 6 nitrogen and oxygen atoms in total. The summed E-state index contributed by atoms with van der Waals surface area (Å²) in [6, 6.07) is 22.2. The van der Waals surface area contributed by atoms with Gasteiger partial charge in [-0.2, -0.15) is 0 Å². The number of halogens is 1. The van der Waals surface area contributed by atoms with Gasteiger partial charge in [0.2, 0.25) is 5.82 Å². The maximum absolute atomic E-state index is 12.9. The molecule has 0 aliphatic heterocycles. The molecule has 0 saturated heterocycles. The maximum Gasteiger partial charge on any atom is 0.295 e. The zero-order valence-electron chi connectivity index (χ0n) is 16.5. The van der Waals surface area contributed by atoms with Gasteiger partial charge in [0.25, 0.3) is 5.91 Å². The van der Waals surface area contributed by atoms with E-state index in [0.717, 1.165) is 16.8 Å². The lowest BCUT2D eigenvalue weighted by molar-refractivity contribution is 0.101. The molecular weight excluding hydrogens is 400 g/mol. The van der Waals surface area contributed by atoms with Gasteiger partial charge in [0.15, 0.2) is 5.82 Å². The van der Waals surface area contributed by atoms with Gasteiger partial charge in [-0.25, -0.2) is 9.67 Å². The largest absolute Gasteiger partial charge is 0.495 e. The number of methoxy groups -OCH3 is 1. The molecule has 0 bridgehead atoms. The number of hydrogen-bond donors (Lipinski definition) is 1. The summed E-state index contributed by atoms with van der Waals surface area (Å²) < 4.78 is 6.97. The monoisotopic (exact) mass is 418 g/mol. The Labute approximate surface area is 179 Å². The van der Waals surface area contributed by atoms with E-state index >= 15 is 0 Å². The molecule has 4 aromatic rings. The van der Waals surface area contributed by atoms with Crippen LogP contribution >= 0.6 is 11.6 Å². The van der Waals surface area contributed by atoms with Crippen molar-refractivity contribution in [3.63, 3.8) is 0 Å². The van der Waals surface area contributed by atoms with Crippen LogP contribution in [-0.2, 0) is 0 Å². The van der Waals surface area contributed by atoms with E-state index in [2.05, 4.69) is 15.4 Å². The average molecular weight is 419 g/mol. The van der Waals surface area contributed by atoms with E-state index in [9.17, 15) is 4.79 Å². The summed E-state index contributed by atoms with van der Waals surface area (Å²) in [5.41, 5.74) is 3.13. The topological polar surface area (TPSA) is 69.0 Å². The molecule has 0 spiro atoms. The van der Waals surface area contributed by atoms with Crippen LogP contribution in [0.4, 0.5) is 5.69 Å². The van der Waals surface area contributed by atoms with Crippen molar-refractivity contribution in [2.45, 2.75) is 6.92 Å². The second-order valence-electron chi connectivity index (χ2n) is 6.62. The fraction of sp³-hybridized carbons (Fsp3) is 0.0870. The van der Waals surface area contributed by atoms with Gasteiger partial charge in [0.1, 0.15) is 5.75 Å². The van der Waals surface area contributed by atoms with Crippen molar-refractivity contribution < 1.29 is 9.53 Å². The fourth-order valence-corrected chi connectivity index (χ4v) is 3.31. The summed E-state index contributed by atoms with van der Waals surface area (Å²) in [6.07, 6.45) is 0. The van der Waals surface area contributed by atoms with Gasteiger partial charge in [-0.1, -0.05) is 54.1 Å². The van der Waals surface area contributed by atoms with Crippen LogP contribution in [0.3, 0.4) is 0 Å². The van der Waals surface area contributed by atoms with Gasteiger partial charge < -0.3 is 10.1 Å². The highest BCUT2D eigenvalue weighted by molar-refractivity contribution is 6.30. The Bertz CT molecular complexity index is 1220. The van der Waals surface area contributed by atoms with Crippen molar-refractivity contribution in [1.82, 2.24) is 14.8 Å². The molecule has 0 aliphatic carbocycles. The molecule has 0 saturated carbocycles. The van der Waals surface area contributed by atoms with Gasteiger partial charge in [-0.05, 0) is 42.8 Å². The lowest BCUT2D eigenvalue weighted by atomic mass is 10.2. The minimum atomic E-state index is -0.435. The Kier molecular flexibility index (Phi) is 5.50. The number of amides is 1. The second-order valence-corrected chi connectivity index (χ2v) is 7.06. The standard InChI is InChI=1S/C23H19ClN4O2/c1-15-8-3-5-12-19(15)28-22(16-9-7-10-17(24)14-16)26-21(27-28)23(29)25-18-11-4-6-13-20(18)30-2/h3-14H,1-2H3,(H,25,29). The highest BCUT2D eigenvalue weighted by atomic mass is 35.5. The first kappa shape index (κ1) is 19.7. The van der Waals surface area contributed by atoms with Crippen LogP contribution < -0.4 is 10.1 Å². The quantitative estimate of drug-likeness (QED) is 0.486. The molecule has 1 aromatic heterocycles. The SMILES string of the molecule is COc1ccccc1NC(=O)c1nc(-c2cccc(Cl)c2)n(-c2ccccc2C)n1. The Morgan fingerprint density at radius 2 is 1.80 bits per heavy atom. The molecule has 0 fully saturated rings. The minimum absolute atomic E-state index is 0.0409. The molecule has 150 valence electrons. The summed E-state index contributed by atoms with van der Waals surface area (Å²) in [5, 5.41) is 7.90. The number of nitrogens with one attached hydrogen (secondary N) is 1. The van der Waals surface area contributed by atoms with Crippen molar-refractivity contribution in [3.8, 4) is 22.8 Å². The van der Waals surface area contributed by atoms with Crippen LogP contribution in [0.15, 0.2) is 72.8 Å². The highest BCUT2D eigenvalue weighted by Gasteiger charge is 2.20. The number of hydrogen-bond acceptors (Lipinski definition) is 4. The Morgan fingerprint density at radius 1 is 1.03 bits per heavy atom. The maximum atomic E-state index is 12.9. The minimum Gasteiger partial charge on any atom is -0.495 e. The van der Waals surface area contributed by atoms with Crippen LogP contribution in [0.5, 0.6) is 5.75 Å². The van der Waals surface area contributed by atoms with E-state index in [4.69, 9.17) is 16.3 Å². The molecule has 1 N–H and O–H groups in total. The van der Waals surface area contributed by atoms with E-state index in [1.54, 1.807) is 36.1 Å². The number of carbonyl (C=O) groups excluding carboxylic acids is 1. The van der Waals surface area contributed by atoms with Crippen LogP contribution in [0.1, 0.15) is 16.2 Å². The van der Waals surface area contributed by atoms with Crippen molar-refractivity contribution >= 4 is 23.2 Å². The summed E-state index contributed by atoms with van der Waals surface area (Å²) in [6.45, 7) is 1.98. The normalized spacial score (nSPS) is 10.6. The van der Waals surface area contributed by atoms with Gasteiger partial charge >= 0.3 is 0 Å². The number of benzene rings is 3. The van der Waals surface area contributed by atoms with E-state index in [0.29, 0.717) is 22.3 Å². The number of rotatable bonds is 5. The molecule has 3 aromatic carbocycles. The summed E-state index contributed by atoms with van der Waals surface area (Å²) in [4.78, 5) is 17.5. The van der Waals surface area contributed by atoms with Crippen molar-refractivity contribution in [2.75, 3.05) is 12.4 Å². The number of anilines is 1. The van der Waals surface area contributed by atoms with E-state index in [1.807, 2.05) is 55.5 Å². The third-order valence-electron chi connectivity index (χ3n) is 4.59. The molecule has 0 radical (unpaired) electrons. The smallest absolute Gasteiger partial charge is 0.295 e. The van der Waals surface area contributed by atoms with Crippen molar-refractivity contribution in [3.05, 3.63) is 89.2 Å². The van der Waals surface area contributed by atoms with Crippen LogP contribution in [0.25, 0.3) is 17.1 Å². The Balaban J connectivity index is 1.79. The lowest BCUT2D eigenvalue weighted by Crippen LogP contribution is -2.15. The number of nitrogens with zero attached hydrogens (tertiary/aromatic N) is 3. The number of ether oxygens (including phenoxy) is 1. The van der Waals surface area contributed by atoms with Crippen LogP contribution in [0.2, 0.25) is 5.02 Å². The van der Waals surface area contributed by atoms with Gasteiger partial charge in [0.05, 0.1) is 18.5 Å². The molecular formula is C23H19ClN4O2. The zero-order chi connectivity index (χ0) is 21.1. The predicted octanol–water partition coefficient (Wildman–Crippen LogP) is 5.16. The summed E-state index contributed by atoms with van der Waals surface area (Å²) >= 11 is 6.18. The molecule has 0 unspecified atom stereocenters. The second kappa shape index (κ2) is 8.39.